The number of hydrogen-bond donors (Lipinski definition) is 1. The van der Waals surface area contributed by atoms with Crippen molar-refractivity contribution in [1.82, 2.24) is 5.32 Å². The number of nitrogens with one attached hydrogen (secondary N) is 1. The molecule has 1 fully saturated rings. The van der Waals surface area contributed by atoms with Gasteiger partial charge in [-0.05, 0) is 37.7 Å². The van der Waals surface area contributed by atoms with Gasteiger partial charge in [-0.1, -0.05) is 43.2 Å². The van der Waals surface area contributed by atoms with Crippen molar-refractivity contribution < 1.29 is 0 Å². The van der Waals surface area contributed by atoms with E-state index in [4.69, 9.17) is 0 Å². The molecule has 1 saturated carbocycles. The summed E-state index contributed by atoms with van der Waals surface area (Å²) in [5.41, 5.74) is 3.32. The smallest absolute Gasteiger partial charge is 0.0292 e. The number of halogens is 1. The number of hydrogen-bond acceptors (Lipinski definition) is 1. The highest BCUT2D eigenvalue weighted by Gasteiger charge is 2.31. The van der Waals surface area contributed by atoms with Crippen molar-refractivity contribution in [2.75, 3.05) is 6.54 Å². The molecule has 0 saturated heterocycles. The molecule has 1 nitrogen and oxygen atoms in total. The monoisotopic (exact) mass is 253 g/mol. The van der Waals surface area contributed by atoms with Gasteiger partial charge in [-0.3, -0.25) is 0 Å². The van der Waals surface area contributed by atoms with E-state index in [0.717, 1.165) is 6.54 Å². The maximum absolute atomic E-state index is 3.67. The fourth-order valence-corrected chi connectivity index (χ4v) is 2.41. The minimum absolute atomic E-state index is 0. The summed E-state index contributed by atoms with van der Waals surface area (Å²) in [6.07, 6.45) is 4.19. The molecule has 0 heterocycles. The first-order chi connectivity index (χ1) is 7.59. The van der Waals surface area contributed by atoms with Crippen LogP contribution in [0.5, 0.6) is 0 Å². The summed E-state index contributed by atoms with van der Waals surface area (Å²) in [6, 6.07) is 9.27. The van der Waals surface area contributed by atoms with E-state index in [0.29, 0.717) is 11.5 Å². The van der Waals surface area contributed by atoms with Gasteiger partial charge in [0, 0.05) is 12.6 Å². The van der Waals surface area contributed by atoms with Crippen LogP contribution in [0.1, 0.15) is 50.3 Å². The molecule has 2 rings (SSSR count). The van der Waals surface area contributed by atoms with E-state index in [9.17, 15) is 0 Å². The fourth-order valence-electron chi connectivity index (χ4n) is 2.41. The van der Waals surface area contributed by atoms with Crippen LogP contribution < -0.4 is 5.32 Å². The second kappa shape index (κ2) is 5.88. The van der Waals surface area contributed by atoms with Crippen molar-refractivity contribution in [2.24, 2.45) is 5.41 Å². The average molecular weight is 254 g/mol. The maximum Gasteiger partial charge on any atom is 0.0292 e. The molecule has 17 heavy (non-hydrogen) atoms. The molecule has 0 radical (unpaired) electrons. The summed E-state index contributed by atoms with van der Waals surface area (Å²) in [4.78, 5) is 0. The van der Waals surface area contributed by atoms with E-state index in [1.54, 1.807) is 0 Å². The van der Waals surface area contributed by atoms with Crippen LogP contribution >= 0.6 is 12.4 Å². The van der Waals surface area contributed by atoms with Crippen LogP contribution in [0.25, 0.3) is 0 Å². The fraction of sp³-hybridized carbons (Fsp3) is 0.600. The molecule has 2 heteroatoms. The molecule has 1 aliphatic carbocycles. The highest BCUT2D eigenvalue weighted by Crippen LogP contribution is 2.39. The summed E-state index contributed by atoms with van der Waals surface area (Å²) < 4.78 is 0. The van der Waals surface area contributed by atoms with Crippen molar-refractivity contribution in [3.63, 3.8) is 0 Å². The Hall–Kier alpha value is -0.530. The van der Waals surface area contributed by atoms with Crippen LogP contribution in [0.2, 0.25) is 0 Å². The van der Waals surface area contributed by atoms with E-state index < -0.39 is 0 Å². The topological polar surface area (TPSA) is 12.0 Å². The maximum atomic E-state index is 3.67. The van der Waals surface area contributed by atoms with Gasteiger partial charge in [-0.2, -0.15) is 0 Å². The first kappa shape index (κ1) is 14.5. The average Bonchev–Trinajstić information content (AvgIpc) is 2.23. The Balaban J connectivity index is 0.00000144. The first-order valence-electron chi connectivity index (χ1n) is 6.39. The van der Waals surface area contributed by atoms with Crippen LogP contribution in [0.15, 0.2) is 24.3 Å². The van der Waals surface area contributed by atoms with Crippen LogP contribution in [0.3, 0.4) is 0 Å². The lowest BCUT2D eigenvalue weighted by molar-refractivity contribution is 0.152. The molecule has 0 aromatic heterocycles. The van der Waals surface area contributed by atoms with Gasteiger partial charge in [0.05, 0.1) is 0 Å². The molecular formula is C15H24ClN. The molecule has 1 N–H and O–H groups in total. The summed E-state index contributed by atoms with van der Waals surface area (Å²) in [6.45, 7) is 7.97. The summed E-state index contributed by atoms with van der Waals surface area (Å²) >= 11 is 0. The quantitative estimate of drug-likeness (QED) is 0.846. The highest BCUT2D eigenvalue weighted by atomic mass is 35.5. The summed E-state index contributed by atoms with van der Waals surface area (Å²) in [7, 11) is 0. The van der Waals surface area contributed by atoms with Crippen molar-refractivity contribution in [1.29, 1.82) is 0 Å². The van der Waals surface area contributed by atoms with Gasteiger partial charge in [0.15, 0.2) is 0 Å². The second-order valence-corrected chi connectivity index (χ2v) is 5.68. The van der Waals surface area contributed by atoms with E-state index in [2.05, 4.69) is 50.4 Å². The molecule has 96 valence electrons. The molecule has 1 unspecified atom stereocenters. The third kappa shape index (κ3) is 3.72. The lowest BCUT2D eigenvalue weighted by Gasteiger charge is -2.39. The van der Waals surface area contributed by atoms with Crippen LogP contribution in [0.4, 0.5) is 0 Å². The zero-order valence-electron chi connectivity index (χ0n) is 11.1. The standard InChI is InChI=1S/C15H23N.ClH/c1-12-6-4-7-14(10-12)13(2)16-11-15(3)8-5-9-15;/h4,6-7,10,13,16H,5,8-9,11H2,1-3H3;1H. The molecule has 0 spiro atoms. The second-order valence-electron chi connectivity index (χ2n) is 5.68. The van der Waals surface area contributed by atoms with Gasteiger partial charge >= 0.3 is 0 Å². The van der Waals surface area contributed by atoms with Gasteiger partial charge in [0.25, 0.3) is 0 Å². The van der Waals surface area contributed by atoms with Crippen LogP contribution in [-0.2, 0) is 0 Å². The number of rotatable bonds is 4. The van der Waals surface area contributed by atoms with Crippen molar-refractivity contribution in [3.05, 3.63) is 35.4 Å². The third-order valence-corrected chi connectivity index (χ3v) is 3.94. The first-order valence-corrected chi connectivity index (χ1v) is 6.39. The third-order valence-electron chi connectivity index (χ3n) is 3.94. The lowest BCUT2D eigenvalue weighted by Crippen LogP contribution is -2.38. The number of aryl methyl sites for hydroxylation is 1. The molecule has 1 aliphatic rings. The van der Waals surface area contributed by atoms with Crippen molar-refractivity contribution >= 4 is 12.4 Å². The molecule has 0 amide bonds. The van der Waals surface area contributed by atoms with Gasteiger partial charge in [-0.25, -0.2) is 0 Å². The molecular weight excluding hydrogens is 230 g/mol. The predicted octanol–water partition coefficient (Wildman–Crippen LogP) is 4.26. The largest absolute Gasteiger partial charge is 0.310 e. The molecule has 1 atom stereocenters. The Labute approximate surface area is 111 Å². The Morgan fingerprint density at radius 3 is 2.59 bits per heavy atom. The van der Waals surface area contributed by atoms with E-state index in [1.165, 1.54) is 30.4 Å². The normalized spacial score (nSPS) is 19.0. The Morgan fingerprint density at radius 1 is 1.35 bits per heavy atom. The highest BCUT2D eigenvalue weighted by molar-refractivity contribution is 5.85. The summed E-state index contributed by atoms with van der Waals surface area (Å²) in [5.74, 6) is 0. The van der Waals surface area contributed by atoms with Gasteiger partial charge in [-0.15, -0.1) is 12.4 Å². The Bertz CT molecular complexity index is 358. The van der Waals surface area contributed by atoms with Crippen molar-refractivity contribution in [3.8, 4) is 0 Å². The summed E-state index contributed by atoms with van der Waals surface area (Å²) in [5, 5.41) is 3.67. The molecule has 0 bridgehead atoms. The van der Waals surface area contributed by atoms with Gasteiger partial charge in [0.1, 0.15) is 0 Å². The molecule has 1 aromatic rings. The van der Waals surface area contributed by atoms with Gasteiger partial charge < -0.3 is 5.32 Å². The van der Waals surface area contributed by atoms with E-state index in [1.807, 2.05) is 0 Å². The Kier molecular flexibility index (Phi) is 5.03. The lowest BCUT2D eigenvalue weighted by atomic mass is 9.70. The zero-order chi connectivity index (χ0) is 11.6. The SMILES string of the molecule is Cc1cccc(C(C)NCC2(C)CCC2)c1.Cl. The number of benzene rings is 1. The predicted molar refractivity (Wildman–Crippen MR) is 76.8 cm³/mol. The van der Waals surface area contributed by atoms with Crippen LogP contribution in [0, 0.1) is 12.3 Å². The van der Waals surface area contributed by atoms with Crippen LogP contribution in [-0.4, -0.2) is 6.54 Å². The van der Waals surface area contributed by atoms with Crippen molar-refractivity contribution in [2.45, 2.75) is 46.1 Å². The van der Waals surface area contributed by atoms with E-state index in [-0.39, 0.29) is 12.4 Å². The Morgan fingerprint density at radius 2 is 2.06 bits per heavy atom. The molecule has 1 aromatic carbocycles. The zero-order valence-corrected chi connectivity index (χ0v) is 11.9. The minimum Gasteiger partial charge on any atom is -0.310 e. The van der Waals surface area contributed by atoms with E-state index >= 15 is 0 Å². The van der Waals surface area contributed by atoms with Gasteiger partial charge in [0.2, 0.25) is 0 Å². The minimum atomic E-state index is 0. The molecule has 0 aliphatic heterocycles.